The number of anilines is 4. The van der Waals surface area contributed by atoms with E-state index in [9.17, 15) is 4.79 Å². The van der Waals surface area contributed by atoms with Crippen LogP contribution >= 0.6 is 0 Å². The number of hydrogen-bond acceptors (Lipinski definition) is 7. The summed E-state index contributed by atoms with van der Waals surface area (Å²) >= 11 is 0. The second-order valence-electron chi connectivity index (χ2n) is 8.45. The number of nitrogens with zero attached hydrogens (tertiary/aromatic N) is 3. The fourth-order valence-corrected chi connectivity index (χ4v) is 3.65. The minimum Gasteiger partial charge on any atom is -0.382 e. The number of ether oxygens (including phenoxy) is 1. The highest BCUT2D eigenvalue weighted by Gasteiger charge is 2.33. The molecule has 2 atom stereocenters. The zero-order chi connectivity index (χ0) is 24.2. The number of aryl methyl sites for hydroxylation is 1. The summed E-state index contributed by atoms with van der Waals surface area (Å²) in [5, 5.41) is 9.55. The van der Waals surface area contributed by atoms with Gasteiger partial charge in [-0.1, -0.05) is 6.07 Å². The minimum absolute atomic E-state index is 0.180. The Hall–Kier alpha value is -4.30. The van der Waals surface area contributed by atoms with E-state index in [0.717, 1.165) is 34.7 Å². The molecule has 8 nitrogen and oxygen atoms in total. The first-order chi connectivity index (χ1) is 17.0. The van der Waals surface area contributed by atoms with Crippen molar-refractivity contribution < 1.29 is 9.53 Å². The fourth-order valence-electron chi connectivity index (χ4n) is 3.65. The molecule has 8 heteroatoms. The first-order valence-electron chi connectivity index (χ1n) is 11.5. The maximum Gasteiger partial charge on any atom is 0.255 e. The van der Waals surface area contributed by atoms with Crippen LogP contribution in [0.4, 0.5) is 23.0 Å². The van der Waals surface area contributed by atoms with E-state index in [2.05, 4.69) is 37.8 Å². The van der Waals surface area contributed by atoms with Crippen LogP contribution < -0.4 is 16.0 Å². The van der Waals surface area contributed by atoms with Crippen LogP contribution in [0, 0.1) is 6.92 Å². The number of pyridine rings is 1. The third-order valence-corrected chi connectivity index (χ3v) is 5.85. The molecule has 0 saturated carbocycles. The number of hydrogen-bond donors (Lipinski definition) is 3. The van der Waals surface area contributed by atoms with E-state index in [-0.39, 0.29) is 12.0 Å². The van der Waals surface area contributed by atoms with Gasteiger partial charge >= 0.3 is 0 Å². The molecule has 1 aliphatic heterocycles. The summed E-state index contributed by atoms with van der Waals surface area (Å²) in [4.78, 5) is 25.9. The molecule has 3 heterocycles. The van der Waals surface area contributed by atoms with Gasteiger partial charge in [0.25, 0.3) is 5.91 Å². The lowest BCUT2D eigenvalue weighted by Gasteiger charge is -2.12. The Labute approximate surface area is 203 Å². The van der Waals surface area contributed by atoms with Crippen molar-refractivity contribution in [1.29, 1.82) is 0 Å². The maximum absolute atomic E-state index is 12.8. The standard InChI is InChI=1S/C27H26N6O2/c1-17-5-8-22(31-26(34)19-6-9-21(10-7-19)30-16-25-18(2)35-25)14-24(17)33-27-29-13-11-23(32-27)20-4-3-12-28-15-20/h3-15,18,25,30H,16H2,1-2H3,(H,31,34)(H,29,32,33). The summed E-state index contributed by atoms with van der Waals surface area (Å²) in [5.74, 6) is 0.285. The summed E-state index contributed by atoms with van der Waals surface area (Å²) in [5.41, 5.74) is 5.70. The van der Waals surface area contributed by atoms with Gasteiger partial charge in [0.05, 0.1) is 11.8 Å². The lowest BCUT2D eigenvalue weighted by Crippen LogP contribution is -2.13. The van der Waals surface area contributed by atoms with Gasteiger partial charge in [0.2, 0.25) is 5.95 Å². The monoisotopic (exact) mass is 466 g/mol. The van der Waals surface area contributed by atoms with Crippen molar-refractivity contribution >= 4 is 28.9 Å². The largest absolute Gasteiger partial charge is 0.382 e. The van der Waals surface area contributed by atoms with Crippen LogP contribution in [-0.2, 0) is 4.74 Å². The van der Waals surface area contributed by atoms with Crippen molar-refractivity contribution in [1.82, 2.24) is 15.0 Å². The average Bonchev–Trinajstić information content (AvgIpc) is 3.60. The fraction of sp³-hybridized carbons (Fsp3) is 0.185. The Morgan fingerprint density at radius 1 is 1.03 bits per heavy atom. The van der Waals surface area contributed by atoms with Gasteiger partial charge in [0.1, 0.15) is 6.10 Å². The van der Waals surface area contributed by atoms with Gasteiger partial charge in [-0.25, -0.2) is 9.97 Å². The zero-order valence-electron chi connectivity index (χ0n) is 19.5. The summed E-state index contributed by atoms with van der Waals surface area (Å²) in [7, 11) is 0. The van der Waals surface area contributed by atoms with Gasteiger partial charge in [0.15, 0.2) is 0 Å². The van der Waals surface area contributed by atoms with E-state index in [1.165, 1.54) is 0 Å². The Morgan fingerprint density at radius 3 is 2.57 bits per heavy atom. The van der Waals surface area contributed by atoms with Gasteiger partial charge in [0, 0.05) is 53.3 Å². The van der Waals surface area contributed by atoms with Crippen LogP contribution in [0.3, 0.4) is 0 Å². The summed E-state index contributed by atoms with van der Waals surface area (Å²) < 4.78 is 5.41. The van der Waals surface area contributed by atoms with Crippen LogP contribution in [0.25, 0.3) is 11.3 Å². The van der Waals surface area contributed by atoms with Crippen LogP contribution in [0.1, 0.15) is 22.8 Å². The SMILES string of the molecule is Cc1ccc(NC(=O)c2ccc(NCC3OC3C)cc2)cc1Nc1nccc(-c2cccnc2)n1. The van der Waals surface area contributed by atoms with E-state index in [4.69, 9.17) is 4.74 Å². The molecule has 1 saturated heterocycles. The number of aromatic nitrogens is 3. The molecule has 1 fully saturated rings. The number of benzene rings is 2. The van der Waals surface area contributed by atoms with Crippen LogP contribution in [0.2, 0.25) is 0 Å². The first kappa shape index (κ1) is 22.5. The molecule has 0 radical (unpaired) electrons. The Morgan fingerprint density at radius 2 is 1.83 bits per heavy atom. The van der Waals surface area contributed by atoms with Crippen molar-refractivity contribution in [3.8, 4) is 11.3 Å². The first-order valence-corrected chi connectivity index (χ1v) is 11.5. The van der Waals surface area contributed by atoms with Crippen molar-refractivity contribution in [2.75, 3.05) is 22.5 Å². The van der Waals surface area contributed by atoms with Gasteiger partial charge < -0.3 is 20.7 Å². The molecule has 0 aliphatic carbocycles. The van der Waals surface area contributed by atoms with Crippen molar-refractivity contribution in [3.05, 3.63) is 90.4 Å². The van der Waals surface area contributed by atoms with Crippen molar-refractivity contribution in [3.63, 3.8) is 0 Å². The molecule has 0 spiro atoms. The van der Waals surface area contributed by atoms with Gasteiger partial charge in [-0.3, -0.25) is 9.78 Å². The smallest absolute Gasteiger partial charge is 0.255 e. The summed E-state index contributed by atoms with van der Waals surface area (Å²) in [6.07, 6.45) is 5.78. The zero-order valence-corrected chi connectivity index (χ0v) is 19.5. The number of amides is 1. The van der Waals surface area contributed by atoms with Gasteiger partial charge in [-0.2, -0.15) is 0 Å². The Bertz CT molecular complexity index is 1330. The lowest BCUT2D eigenvalue weighted by molar-refractivity contribution is 0.102. The topological polar surface area (TPSA) is 104 Å². The van der Waals surface area contributed by atoms with E-state index in [0.29, 0.717) is 23.3 Å². The van der Waals surface area contributed by atoms with Gasteiger partial charge in [-0.15, -0.1) is 0 Å². The second kappa shape index (κ2) is 9.90. The molecule has 2 aromatic heterocycles. The maximum atomic E-state index is 12.8. The molecule has 4 aromatic rings. The second-order valence-corrected chi connectivity index (χ2v) is 8.45. The van der Waals surface area contributed by atoms with Crippen molar-refractivity contribution in [2.24, 2.45) is 0 Å². The quantitative estimate of drug-likeness (QED) is 0.312. The lowest BCUT2D eigenvalue weighted by atomic mass is 10.1. The van der Waals surface area contributed by atoms with E-state index < -0.39 is 0 Å². The van der Waals surface area contributed by atoms with Gasteiger partial charge in [-0.05, 0) is 74.0 Å². The summed E-state index contributed by atoms with van der Waals surface area (Å²) in [6, 6.07) is 18.8. The van der Waals surface area contributed by atoms with Crippen LogP contribution in [0.15, 0.2) is 79.3 Å². The predicted molar refractivity (Wildman–Crippen MR) is 137 cm³/mol. The minimum atomic E-state index is -0.180. The van der Waals surface area contributed by atoms with E-state index in [1.54, 1.807) is 30.7 Å². The number of carbonyl (C=O) groups excluding carboxylic acids is 1. The Kier molecular flexibility index (Phi) is 6.36. The van der Waals surface area contributed by atoms with Crippen LogP contribution in [0.5, 0.6) is 0 Å². The molecule has 1 aliphatic rings. The molecular formula is C27H26N6O2. The highest BCUT2D eigenvalue weighted by Crippen LogP contribution is 2.25. The van der Waals surface area contributed by atoms with E-state index >= 15 is 0 Å². The third-order valence-electron chi connectivity index (χ3n) is 5.85. The molecule has 0 bridgehead atoms. The highest BCUT2D eigenvalue weighted by molar-refractivity contribution is 6.04. The normalized spacial score (nSPS) is 16.4. The number of rotatable bonds is 8. The molecule has 176 valence electrons. The summed E-state index contributed by atoms with van der Waals surface area (Å²) in [6.45, 7) is 4.80. The number of nitrogens with one attached hydrogen (secondary N) is 3. The van der Waals surface area contributed by atoms with E-state index in [1.807, 2.05) is 55.5 Å². The molecule has 3 N–H and O–H groups in total. The molecule has 2 aromatic carbocycles. The number of carbonyl (C=O) groups is 1. The molecule has 5 rings (SSSR count). The molecule has 2 unspecified atom stereocenters. The number of epoxide rings is 1. The third kappa shape index (κ3) is 5.62. The van der Waals surface area contributed by atoms with Crippen LogP contribution in [-0.4, -0.2) is 39.6 Å². The predicted octanol–water partition coefficient (Wildman–Crippen LogP) is 5.04. The Balaban J connectivity index is 1.25. The van der Waals surface area contributed by atoms with Crippen molar-refractivity contribution in [2.45, 2.75) is 26.1 Å². The molecule has 35 heavy (non-hydrogen) atoms. The highest BCUT2D eigenvalue weighted by atomic mass is 16.6. The molecule has 1 amide bonds. The average molecular weight is 467 g/mol. The molecular weight excluding hydrogens is 440 g/mol.